The zero-order valence-corrected chi connectivity index (χ0v) is 13.2. The maximum absolute atomic E-state index is 12.7. The fourth-order valence-electron chi connectivity index (χ4n) is 3.15. The summed E-state index contributed by atoms with van der Waals surface area (Å²) in [6, 6.07) is 10.1. The summed E-state index contributed by atoms with van der Waals surface area (Å²) in [6.45, 7) is 4.99. The molecule has 1 saturated heterocycles. The van der Waals surface area contributed by atoms with Crippen molar-refractivity contribution in [3.8, 4) is 11.3 Å². The second kappa shape index (κ2) is 6.34. The van der Waals surface area contributed by atoms with Gasteiger partial charge in [-0.05, 0) is 38.7 Å². The third kappa shape index (κ3) is 2.91. The fourth-order valence-corrected chi connectivity index (χ4v) is 3.15. The van der Waals surface area contributed by atoms with E-state index in [2.05, 4.69) is 12.1 Å². The van der Waals surface area contributed by atoms with Crippen LogP contribution in [0, 0.1) is 6.92 Å². The zero-order valence-electron chi connectivity index (χ0n) is 13.2. The molecule has 2 aromatic rings. The third-order valence-corrected chi connectivity index (χ3v) is 4.39. The van der Waals surface area contributed by atoms with E-state index in [1.807, 2.05) is 36.1 Å². The van der Waals surface area contributed by atoms with Gasteiger partial charge in [-0.1, -0.05) is 35.8 Å². The molecule has 4 nitrogen and oxygen atoms in total. The van der Waals surface area contributed by atoms with Crippen molar-refractivity contribution < 1.29 is 9.32 Å². The number of hydrogen-bond acceptors (Lipinski definition) is 3. The summed E-state index contributed by atoms with van der Waals surface area (Å²) in [6.07, 6.45) is 4.36. The fraction of sp³-hybridized carbons (Fsp3) is 0.444. The van der Waals surface area contributed by atoms with E-state index in [1.165, 1.54) is 6.42 Å². The first-order chi connectivity index (χ1) is 10.7. The molecule has 3 rings (SSSR count). The molecule has 1 aromatic heterocycles. The molecular weight excluding hydrogens is 276 g/mol. The summed E-state index contributed by atoms with van der Waals surface area (Å²) in [5.41, 5.74) is 2.53. The van der Waals surface area contributed by atoms with Gasteiger partial charge in [0.05, 0.1) is 0 Å². The molecule has 1 fully saturated rings. The van der Waals surface area contributed by atoms with Crippen LogP contribution in [0.15, 0.2) is 34.9 Å². The lowest BCUT2D eigenvalue weighted by molar-refractivity contribution is 0.0597. The van der Waals surface area contributed by atoms with Crippen LogP contribution in [0.2, 0.25) is 0 Å². The topological polar surface area (TPSA) is 46.3 Å². The Bertz CT molecular complexity index is 663. The monoisotopic (exact) mass is 298 g/mol. The van der Waals surface area contributed by atoms with Crippen molar-refractivity contribution >= 4 is 5.91 Å². The summed E-state index contributed by atoms with van der Waals surface area (Å²) < 4.78 is 5.39. The van der Waals surface area contributed by atoms with Crippen molar-refractivity contribution in [2.24, 2.45) is 0 Å². The molecule has 2 heterocycles. The highest BCUT2D eigenvalue weighted by atomic mass is 16.5. The lowest BCUT2D eigenvalue weighted by Gasteiger charge is -2.34. The van der Waals surface area contributed by atoms with Gasteiger partial charge in [-0.3, -0.25) is 4.79 Å². The molecule has 22 heavy (non-hydrogen) atoms. The molecule has 1 atom stereocenters. The number of piperidine rings is 1. The number of amides is 1. The minimum atomic E-state index is -0.00537. The first-order valence-electron chi connectivity index (χ1n) is 8.03. The van der Waals surface area contributed by atoms with Gasteiger partial charge >= 0.3 is 0 Å². The van der Waals surface area contributed by atoms with E-state index >= 15 is 0 Å². The molecule has 0 spiro atoms. The van der Waals surface area contributed by atoms with Crippen LogP contribution < -0.4 is 0 Å². The van der Waals surface area contributed by atoms with Gasteiger partial charge in [0.15, 0.2) is 11.5 Å². The maximum atomic E-state index is 12.7. The largest absolute Gasteiger partial charge is 0.355 e. The molecule has 1 aromatic carbocycles. The van der Waals surface area contributed by atoms with Crippen molar-refractivity contribution in [3.05, 3.63) is 41.6 Å². The van der Waals surface area contributed by atoms with Crippen LogP contribution in [0.1, 0.15) is 48.7 Å². The summed E-state index contributed by atoms with van der Waals surface area (Å²) >= 11 is 0. The lowest BCUT2D eigenvalue weighted by atomic mass is 9.99. The average molecular weight is 298 g/mol. The van der Waals surface area contributed by atoms with Crippen LogP contribution in [-0.4, -0.2) is 28.6 Å². The van der Waals surface area contributed by atoms with Gasteiger partial charge in [0.1, 0.15) is 0 Å². The highest BCUT2D eigenvalue weighted by molar-refractivity contribution is 5.93. The van der Waals surface area contributed by atoms with Gasteiger partial charge in [0, 0.05) is 24.2 Å². The Morgan fingerprint density at radius 2 is 2.23 bits per heavy atom. The van der Waals surface area contributed by atoms with Crippen molar-refractivity contribution in [1.29, 1.82) is 0 Å². The van der Waals surface area contributed by atoms with E-state index in [1.54, 1.807) is 6.07 Å². The number of benzene rings is 1. The van der Waals surface area contributed by atoms with E-state index in [4.69, 9.17) is 4.52 Å². The van der Waals surface area contributed by atoms with Crippen LogP contribution in [0.25, 0.3) is 11.3 Å². The third-order valence-electron chi connectivity index (χ3n) is 4.39. The van der Waals surface area contributed by atoms with Crippen LogP contribution in [-0.2, 0) is 0 Å². The SMILES string of the molecule is CC[C@H]1CCCCN1C(=O)c1cc(-c2cccc(C)c2)on1. The Balaban J connectivity index is 1.82. The second-order valence-corrected chi connectivity index (χ2v) is 6.00. The average Bonchev–Trinajstić information content (AvgIpc) is 3.04. The number of nitrogens with zero attached hydrogens (tertiary/aromatic N) is 2. The Morgan fingerprint density at radius 3 is 3.00 bits per heavy atom. The van der Waals surface area contributed by atoms with Crippen LogP contribution >= 0.6 is 0 Å². The highest BCUT2D eigenvalue weighted by Gasteiger charge is 2.28. The van der Waals surface area contributed by atoms with E-state index in [0.717, 1.165) is 36.9 Å². The summed E-state index contributed by atoms with van der Waals surface area (Å²) in [5, 5.41) is 4.00. The minimum Gasteiger partial charge on any atom is -0.355 e. The molecule has 4 heteroatoms. The Hall–Kier alpha value is -2.10. The quantitative estimate of drug-likeness (QED) is 0.858. The lowest BCUT2D eigenvalue weighted by Crippen LogP contribution is -2.43. The predicted molar refractivity (Wildman–Crippen MR) is 85.6 cm³/mol. The number of carbonyl (C=O) groups is 1. The Morgan fingerprint density at radius 1 is 1.36 bits per heavy atom. The number of carbonyl (C=O) groups excluding carboxylic acids is 1. The Kier molecular flexibility index (Phi) is 4.27. The Labute approximate surface area is 131 Å². The van der Waals surface area contributed by atoms with Crippen molar-refractivity contribution in [3.63, 3.8) is 0 Å². The van der Waals surface area contributed by atoms with Crippen LogP contribution in [0.5, 0.6) is 0 Å². The molecule has 1 aliphatic rings. The van der Waals surface area contributed by atoms with Gasteiger partial charge in [0.25, 0.3) is 5.91 Å². The van der Waals surface area contributed by atoms with Gasteiger partial charge in [-0.15, -0.1) is 0 Å². The second-order valence-electron chi connectivity index (χ2n) is 6.00. The number of rotatable bonds is 3. The predicted octanol–water partition coefficient (Wildman–Crippen LogP) is 4.05. The smallest absolute Gasteiger partial charge is 0.276 e. The molecule has 0 N–H and O–H groups in total. The zero-order chi connectivity index (χ0) is 15.5. The van der Waals surface area contributed by atoms with E-state index in [0.29, 0.717) is 17.5 Å². The molecule has 0 bridgehead atoms. The number of likely N-dealkylation sites (tertiary alicyclic amines) is 1. The summed E-state index contributed by atoms with van der Waals surface area (Å²) in [5.74, 6) is 0.645. The molecule has 0 aliphatic carbocycles. The molecule has 1 amide bonds. The van der Waals surface area contributed by atoms with Gasteiger partial charge < -0.3 is 9.42 Å². The standard InChI is InChI=1S/C18H22N2O2/c1-3-15-9-4-5-10-20(15)18(21)16-12-17(22-19-16)14-8-6-7-13(2)11-14/h6-8,11-12,15H,3-5,9-10H2,1-2H3/t15-/m0/s1. The van der Waals surface area contributed by atoms with Crippen LogP contribution in [0.4, 0.5) is 0 Å². The molecule has 0 unspecified atom stereocenters. The number of aromatic nitrogens is 1. The van der Waals surface area contributed by atoms with E-state index < -0.39 is 0 Å². The minimum absolute atomic E-state index is 0.00537. The van der Waals surface area contributed by atoms with Gasteiger partial charge in [0.2, 0.25) is 0 Å². The number of aryl methyl sites for hydroxylation is 1. The van der Waals surface area contributed by atoms with E-state index in [-0.39, 0.29) is 5.91 Å². The van der Waals surface area contributed by atoms with Crippen molar-refractivity contribution in [2.75, 3.05) is 6.54 Å². The summed E-state index contributed by atoms with van der Waals surface area (Å²) in [4.78, 5) is 14.6. The highest BCUT2D eigenvalue weighted by Crippen LogP contribution is 2.25. The first kappa shape index (κ1) is 14.8. The van der Waals surface area contributed by atoms with Crippen molar-refractivity contribution in [1.82, 2.24) is 10.1 Å². The first-order valence-corrected chi connectivity index (χ1v) is 8.03. The van der Waals surface area contributed by atoms with E-state index in [9.17, 15) is 4.79 Å². The van der Waals surface area contributed by atoms with Gasteiger partial charge in [-0.2, -0.15) is 0 Å². The molecule has 1 aliphatic heterocycles. The van der Waals surface area contributed by atoms with Crippen LogP contribution in [0.3, 0.4) is 0 Å². The molecule has 116 valence electrons. The molecular formula is C18H22N2O2. The van der Waals surface area contributed by atoms with Gasteiger partial charge in [-0.25, -0.2) is 0 Å². The normalized spacial score (nSPS) is 18.5. The maximum Gasteiger partial charge on any atom is 0.276 e. The van der Waals surface area contributed by atoms with Crippen molar-refractivity contribution in [2.45, 2.75) is 45.6 Å². The molecule has 0 radical (unpaired) electrons. The summed E-state index contributed by atoms with van der Waals surface area (Å²) in [7, 11) is 0. The molecule has 0 saturated carbocycles. The number of hydrogen-bond donors (Lipinski definition) is 0.